The van der Waals surface area contributed by atoms with Crippen LogP contribution in [0, 0.1) is 0 Å². The number of hydrogen-bond donors (Lipinski definition) is 2. The van der Waals surface area contributed by atoms with E-state index in [9.17, 15) is 14.7 Å². The van der Waals surface area contributed by atoms with E-state index in [0.717, 1.165) is 5.56 Å². The number of carbonyl (C=O) groups is 2. The van der Waals surface area contributed by atoms with Crippen LogP contribution >= 0.6 is 0 Å². The fourth-order valence-corrected chi connectivity index (χ4v) is 2.49. The number of ether oxygens (including phenoxy) is 1. The van der Waals surface area contributed by atoms with Crippen molar-refractivity contribution in [1.29, 1.82) is 0 Å². The average molecular weight is 337 g/mol. The number of aromatic amines is 1. The van der Waals surface area contributed by atoms with Gasteiger partial charge in [0, 0.05) is 13.1 Å². The van der Waals surface area contributed by atoms with Gasteiger partial charge in [0.2, 0.25) is 0 Å². The van der Waals surface area contributed by atoms with Gasteiger partial charge in [0.15, 0.2) is 5.78 Å². The number of nitrogens with zero attached hydrogens (tertiary/aromatic N) is 2. The molecule has 2 aromatic heterocycles. The maximum Gasteiger partial charge on any atom is 0.339 e. The van der Waals surface area contributed by atoms with E-state index in [4.69, 9.17) is 4.74 Å². The van der Waals surface area contributed by atoms with Crippen molar-refractivity contribution in [3.8, 4) is 5.75 Å². The zero-order chi connectivity index (χ0) is 18.0. The lowest BCUT2D eigenvalue weighted by atomic mass is 10.1. The molecule has 0 aliphatic rings. The minimum atomic E-state index is -1.07. The van der Waals surface area contributed by atoms with Crippen molar-refractivity contribution in [3.63, 3.8) is 0 Å². The summed E-state index contributed by atoms with van der Waals surface area (Å²) in [6.45, 7) is 1.46. The molecule has 0 fully saturated rings. The first-order chi connectivity index (χ1) is 12.0. The van der Waals surface area contributed by atoms with Crippen LogP contribution in [0.1, 0.15) is 39.0 Å². The third kappa shape index (κ3) is 3.12. The standard InChI is InChI=1S/C18H15N3O4/c1-10(22)13-6-3-11(9-19-13)4-7-14-16-15(21-20-14)8-5-12(18(23)24)17(16)25-2/h3-9H,1-2H3,(H,20,21)(H,23,24)/b7-4+. The lowest BCUT2D eigenvalue weighted by Crippen LogP contribution is -2.00. The lowest BCUT2D eigenvalue weighted by molar-refractivity contribution is 0.0693. The van der Waals surface area contributed by atoms with Crippen molar-refractivity contribution in [1.82, 2.24) is 15.2 Å². The number of fused-ring (bicyclic) bond motifs is 1. The molecule has 0 radical (unpaired) electrons. The molecule has 2 N–H and O–H groups in total. The second kappa shape index (κ2) is 6.56. The number of rotatable bonds is 5. The Labute approximate surface area is 143 Å². The van der Waals surface area contributed by atoms with Crippen molar-refractivity contribution < 1.29 is 19.4 Å². The van der Waals surface area contributed by atoms with E-state index in [-0.39, 0.29) is 17.1 Å². The number of pyridine rings is 1. The third-order valence-electron chi connectivity index (χ3n) is 3.73. The number of Topliss-reactive ketones (excluding diaryl/α,β-unsaturated/α-hetero) is 1. The number of methoxy groups -OCH3 is 1. The van der Waals surface area contributed by atoms with Crippen LogP contribution in [-0.4, -0.2) is 39.2 Å². The molecular weight excluding hydrogens is 322 g/mol. The second-order valence-corrected chi connectivity index (χ2v) is 5.35. The lowest BCUT2D eigenvalue weighted by Gasteiger charge is -2.06. The number of aromatic nitrogens is 3. The van der Waals surface area contributed by atoms with Crippen LogP contribution in [-0.2, 0) is 0 Å². The van der Waals surface area contributed by atoms with E-state index in [1.807, 2.05) is 0 Å². The van der Waals surface area contributed by atoms with Gasteiger partial charge in [-0.05, 0) is 29.8 Å². The molecule has 0 aliphatic carbocycles. The summed E-state index contributed by atoms with van der Waals surface area (Å²) in [5, 5.41) is 16.9. The monoisotopic (exact) mass is 337 g/mol. The highest BCUT2D eigenvalue weighted by Gasteiger charge is 2.17. The van der Waals surface area contributed by atoms with E-state index in [1.165, 1.54) is 20.1 Å². The highest BCUT2D eigenvalue weighted by atomic mass is 16.5. The summed E-state index contributed by atoms with van der Waals surface area (Å²) >= 11 is 0. The molecule has 0 amide bonds. The maximum absolute atomic E-state index is 11.4. The Hall–Kier alpha value is -3.48. The van der Waals surface area contributed by atoms with Gasteiger partial charge in [-0.25, -0.2) is 4.79 Å². The first-order valence-corrected chi connectivity index (χ1v) is 7.44. The molecule has 1 aromatic carbocycles. The van der Waals surface area contributed by atoms with Crippen molar-refractivity contribution in [2.24, 2.45) is 0 Å². The first-order valence-electron chi connectivity index (χ1n) is 7.44. The Morgan fingerprint density at radius 3 is 2.60 bits per heavy atom. The largest absolute Gasteiger partial charge is 0.495 e. The van der Waals surface area contributed by atoms with E-state index in [0.29, 0.717) is 22.3 Å². The summed E-state index contributed by atoms with van der Waals surface area (Å²) in [5.41, 5.74) is 2.48. The molecule has 126 valence electrons. The molecule has 3 aromatic rings. The van der Waals surface area contributed by atoms with Gasteiger partial charge in [0.1, 0.15) is 17.0 Å². The smallest absolute Gasteiger partial charge is 0.339 e. The van der Waals surface area contributed by atoms with Crippen LogP contribution in [0.15, 0.2) is 30.5 Å². The number of ketones is 1. The molecule has 0 spiro atoms. The summed E-state index contributed by atoms with van der Waals surface area (Å²) < 4.78 is 5.29. The van der Waals surface area contributed by atoms with E-state index >= 15 is 0 Å². The molecule has 7 nitrogen and oxygen atoms in total. The number of H-pyrrole nitrogens is 1. The average Bonchev–Trinajstić information content (AvgIpc) is 3.02. The molecule has 0 saturated heterocycles. The van der Waals surface area contributed by atoms with Crippen LogP contribution < -0.4 is 4.74 Å². The summed E-state index contributed by atoms with van der Waals surface area (Å²) in [4.78, 5) is 26.7. The minimum Gasteiger partial charge on any atom is -0.495 e. The molecule has 0 unspecified atom stereocenters. The molecule has 3 rings (SSSR count). The zero-order valence-electron chi connectivity index (χ0n) is 13.6. The Balaban J connectivity index is 2.02. The summed E-state index contributed by atoms with van der Waals surface area (Å²) in [6.07, 6.45) is 5.14. The Morgan fingerprint density at radius 2 is 2.00 bits per heavy atom. The zero-order valence-corrected chi connectivity index (χ0v) is 13.6. The minimum absolute atomic E-state index is 0.0681. The van der Waals surface area contributed by atoms with Crippen molar-refractivity contribution in [2.75, 3.05) is 7.11 Å². The summed E-state index contributed by atoms with van der Waals surface area (Å²) in [6, 6.07) is 6.51. The molecule has 7 heteroatoms. The van der Waals surface area contributed by atoms with Gasteiger partial charge in [-0.3, -0.25) is 14.9 Å². The fraction of sp³-hybridized carbons (Fsp3) is 0.111. The SMILES string of the molecule is COc1c(C(=O)O)ccc2n[nH]c(/C=C/c3ccc(C(C)=O)nc3)c12. The second-order valence-electron chi connectivity index (χ2n) is 5.35. The maximum atomic E-state index is 11.4. The van der Waals surface area contributed by atoms with Crippen molar-refractivity contribution in [2.45, 2.75) is 6.92 Å². The molecule has 0 bridgehead atoms. The predicted molar refractivity (Wildman–Crippen MR) is 92.8 cm³/mol. The Morgan fingerprint density at radius 1 is 1.20 bits per heavy atom. The number of carboxylic acids is 1. The summed E-state index contributed by atoms with van der Waals surface area (Å²) in [5.74, 6) is -0.914. The van der Waals surface area contributed by atoms with Gasteiger partial charge >= 0.3 is 5.97 Å². The number of benzene rings is 1. The van der Waals surface area contributed by atoms with Gasteiger partial charge in [-0.2, -0.15) is 5.10 Å². The van der Waals surface area contributed by atoms with Gasteiger partial charge in [0.05, 0.1) is 23.7 Å². The van der Waals surface area contributed by atoms with Crippen LogP contribution in [0.5, 0.6) is 5.75 Å². The third-order valence-corrected chi connectivity index (χ3v) is 3.73. The topological polar surface area (TPSA) is 105 Å². The quantitative estimate of drug-likeness (QED) is 0.693. The number of nitrogens with one attached hydrogen (secondary N) is 1. The van der Waals surface area contributed by atoms with Crippen LogP contribution in [0.2, 0.25) is 0 Å². The van der Waals surface area contributed by atoms with E-state index < -0.39 is 5.97 Å². The van der Waals surface area contributed by atoms with Gasteiger partial charge in [-0.15, -0.1) is 0 Å². The first kappa shape index (κ1) is 16.4. The number of carbonyl (C=O) groups excluding carboxylic acids is 1. The van der Waals surface area contributed by atoms with E-state index in [1.54, 1.807) is 36.5 Å². The predicted octanol–water partition coefficient (Wildman–Crippen LogP) is 3.04. The molecule has 0 aliphatic heterocycles. The van der Waals surface area contributed by atoms with Gasteiger partial charge < -0.3 is 9.84 Å². The van der Waals surface area contributed by atoms with Crippen LogP contribution in [0.4, 0.5) is 0 Å². The Kier molecular flexibility index (Phi) is 4.30. The molecule has 0 saturated carbocycles. The molecular formula is C18H15N3O4. The van der Waals surface area contributed by atoms with Crippen molar-refractivity contribution in [3.05, 3.63) is 53.0 Å². The van der Waals surface area contributed by atoms with Crippen LogP contribution in [0.3, 0.4) is 0 Å². The van der Waals surface area contributed by atoms with Crippen LogP contribution in [0.25, 0.3) is 23.1 Å². The number of hydrogen-bond acceptors (Lipinski definition) is 5. The normalized spacial score (nSPS) is 11.1. The van der Waals surface area contributed by atoms with E-state index in [2.05, 4.69) is 15.2 Å². The summed E-state index contributed by atoms with van der Waals surface area (Å²) in [7, 11) is 1.42. The highest BCUT2D eigenvalue weighted by Crippen LogP contribution is 2.32. The fourth-order valence-electron chi connectivity index (χ4n) is 2.49. The Bertz CT molecular complexity index is 987. The molecule has 0 atom stereocenters. The van der Waals surface area contributed by atoms with Gasteiger partial charge in [-0.1, -0.05) is 12.1 Å². The number of aromatic carboxylic acids is 1. The molecule has 25 heavy (non-hydrogen) atoms. The van der Waals surface area contributed by atoms with Gasteiger partial charge in [0.25, 0.3) is 0 Å². The highest BCUT2D eigenvalue weighted by molar-refractivity contribution is 6.02. The van der Waals surface area contributed by atoms with Crippen molar-refractivity contribution >= 4 is 34.8 Å². The molecule has 2 heterocycles. The number of carboxylic acid groups (broad SMARTS) is 1.